The maximum absolute atomic E-state index is 12.5. The summed E-state index contributed by atoms with van der Waals surface area (Å²) in [4.78, 5) is 16.7. The molecule has 0 N–H and O–H groups in total. The first-order chi connectivity index (χ1) is 18.2. The van der Waals surface area contributed by atoms with Gasteiger partial charge in [-0.25, -0.2) is 9.36 Å². The number of carbonyl (C=O) groups excluding carboxylic acids is 1. The first-order valence-corrected chi connectivity index (χ1v) is 12.6. The van der Waals surface area contributed by atoms with E-state index in [-0.39, 0.29) is 18.4 Å². The summed E-state index contributed by atoms with van der Waals surface area (Å²) in [7, 11) is 0. The predicted molar refractivity (Wildman–Crippen MR) is 146 cm³/mol. The number of rotatable bonds is 9. The van der Waals surface area contributed by atoms with E-state index < -0.39 is 6.09 Å². The molecule has 0 radical (unpaired) electrons. The molecule has 5 heteroatoms. The van der Waals surface area contributed by atoms with Gasteiger partial charge in [-0.2, -0.15) is 0 Å². The van der Waals surface area contributed by atoms with Gasteiger partial charge in [-0.05, 0) is 42.0 Å². The summed E-state index contributed by atoms with van der Waals surface area (Å²) in [6, 6.07) is 24.2. The number of ether oxygens (including phenoxy) is 2. The van der Waals surface area contributed by atoms with Gasteiger partial charge in [0.2, 0.25) is 5.90 Å². The molecule has 1 amide bonds. The largest absolute Gasteiger partial charge is 0.477 e. The molecule has 0 bridgehead atoms. The van der Waals surface area contributed by atoms with Crippen molar-refractivity contribution in [1.82, 2.24) is 0 Å². The zero-order valence-electron chi connectivity index (χ0n) is 21.2. The smallest absolute Gasteiger partial charge is 0.437 e. The average molecular weight is 494 g/mol. The van der Waals surface area contributed by atoms with Crippen molar-refractivity contribution in [1.29, 1.82) is 0 Å². The van der Waals surface area contributed by atoms with Crippen LogP contribution in [0.15, 0.2) is 126 Å². The van der Waals surface area contributed by atoms with Crippen LogP contribution >= 0.6 is 0 Å². The van der Waals surface area contributed by atoms with Crippen molar-refractivity contribution in [2.45, 2.75) is 26.3 Å². The fourth-order valence-electron chi connectivity index (χ4n) is 3.97. The normalized spacial score (nSPS) is 14.0. The van der Waals surface area contributed by atoms with Crippen LogP contribution in [0.4, 0.5) is 4.79 Å². The molecule has 1 heterocycles. The van der Waals surface area contributed by atoms with Crippen molar-refractivity contribution in [3.05, 3.63) is 138 Å². The topological polar surface area (TPSA) is 51.8 Å². The summed E-state index contributed by atoms with van der Waals surface area (Å²) in [6.07, 6.45) is 15.0. The van der Waals surface area contributed by atoms with E-state index >= 15 is 0 Å². The lowest BCUT2D eigenvalue weighted by molar-refractivity contribution is -0.688. The van der Waals surface area contributed by atoms with E-state index in [4.69, 9.17) is 9.47 Å². The van der Waals surface area contributed by atoms with Gasteiger partial charge in [0.25, 0.3) is 0 Å². The second-order valence-corrected chi connectivity index (χ2v) is 9.16. The molecule has 0 saturated carbocycles. The Balaban J connectivity index is 1.33. The van der Waals surface area contributed by atoms with Gasteiger partial charge in [0.1, 0.15) is 6.61 Å². The molecule has 0 fully saturated rings. The molecule has 1 aliphatic rings. The SMILES string of the molecule is CC(CO/C(=N\C(=O)OCC1=CC=CC=CC1)c1ccccc1)Cc1cc[n+](Cc2ccccc2)cc1. The molecule has 5 nitrogen and oxygen atoms in total. The molecule has 188 valence electrons. The quantitative estimate of drug-likeness (QED) is 0.201. The molecule has 0 aliphatic heterocycles. The third-order valence-electron chi connectivity index (χ3n) is 5.92. The fourth-order valence-corrected chi connectivity index (χ4v) is 3.97. The van der Waals surface area contributed by atoms with Crippen LogP contribution < -0.4 is 4.57 Å². The van der Waals surface area contributed by atoms with Crippen LogP contribution in [0.3, 0.4) is 0 Å². The molecule has 1 aliphatic carbocycles. The molecular formula is C32H33N2O3+. The molecule has 2 aromatic carbocycles. The highest BCUT2D eigenvalue weighted by atomic mass is 16.6. The third kappa shape index (κ3) is 8.73. The van der Waals surface area contributed by atoms with E-state index in [1.54, 1.807) is 0 Å². The first-order valence-electron chi connectivity index (χ1n) is 12.6. The first kappa shape index (κ1) is 25.8. The van der Waals surface area contributed by atoms with Gasteiger partial charge < -0.3 is 9.47 Å². The zero-order chi connectivity index (χ0) is 25.7. The lowest BCUT2D eigenvalue weighted by Crippen LogP contribution is -2.33. The monoisotopic (exact) mass is 493 g/mol. The predicted octanol–water partition coefficient (Wildman–Crippen LogP) is 6.24. The highest BCUT2D eigenvalue weighted by Crippen LogP contribution is 2.12. The lowest BCUT2D eigenvalue weighted by atomic mass is 10.0. The number of carbonyl (C=O) groups is 1. The third-order valence-corrected chi connectivity index (χ3v) is 5.92. The summed E-state index contributed by atoms with van der Waals surface area (Å²) in [6.45, 7) is 3.61. The molecule has 1 atom stereocenters. The van der Waals surface area contributed by atoms with Crippen molar-refractivity contribution in [2.24, 2.45) is 10.9 Å². The number of pyridine rings is 1. The number of aliphatic imine (C=N–C) groups is 1. The van der Waals surface area contributed by atoms with Gasteiger partial charge in [-0.15, -0.1) is 4.99 Å². The molecule has 3 aromatic rings. The summed E-state index contributed by atoms with van der Waals surface area (Å²) in [5, 5.41) is 0. The number of allylic oxidation sites excluding steroid dienone is 5. The van der Waals surface area contributed by atoms with Crippen LogP contribution in [0, 0.1) is 5.92 Å². The van der Waals surface area contributed by atoms with Crippen LogP contribution in [0.1, 0.15) is 30.0 Å². The molecule has 1 aromatic heterocycles. The number of hydrogen-bond acceptors (Lipinski definition) is 3. The standard InChI is InChI=1S/C32H33N2O3/c1-26(22-27-18-20-34(21-19-27)23-28-12-8-4-9-13-28)24-36-31(30-16-10-5-11-17-30)33-32(35)37-25-29-14-6-2-3-7-15-29/h2-14,16-21,26H,15,22-25H2,1H3/q+1/b33-31-. The number of nitrogens with zero attached hydrogens (tertiary/aromatic N) is 2. The van der Waals surface area contributed by atoms with Crippen molar-refractivity contribution >= 4 is 12.0 Å². The van der Waals surface area contributed by atoms with Gasteiger partial charge in [-0.1, -0.05) is 85.8 Å². The molecule has 1 unspecified atom stereocenters. The van der Waals surface area contributed by atoms with Gasteiger partial charge in [-0.3, -0.25) is 0 Å². The van der Waals surface area contributed by atoms with Crippen LogP contribution in [0.2, 0.25) is 0 Å². The Kier molecular flexibility index (Phi) is 9.59. The molecule has 4 rings (SSSR count). The summed E-state index contributed by atoms with van der Waals surface area (Å²) < 4.78 is 13.6. The van der Waals surface area contributed by atoms with Crippen molar-refractivity contribution in [2.75, 3.05) is 13.2 Å². The van der Waals surface area contributed by atoms with Gasteiger partial charge in [0, 0.05) is 23.3 Å². The second-order valence-electron chi connectivity index (χ2n) is 9.16. The average Bonchev–Trinajstić information content (AvgIpc) is 3.21. The summed E-state index contributed by atoms with van der Waals surface area (Å²) >= 11 is 0. The highest BCUT2D eigenvalue weighted by Gasteiger charge is 2.13. The maximum Gasteiger partial charge on any atom is 0.437 e. The summed E-state index contributed by atoms with van der Waals surface area (Å²) in [5.74, 6) is 0.505. The minimum absolute atomic E-state index is 0.202. The van der Waals surface area contributed by atoms with E-state index in [1.165, 1.54) is 11.1 Å². The number of hydrogen-bond donors (Lipinski definition) is 0. The Morgan fingerprint density at radius 2 is 1.62 bits per heavy atom. The number of aromatic nitrogens is 1. The van der Waals surface area contributed by atoms with E-state index in [1.807, 2.05) is 66.8 Å². The molecule has 0 spiro atoms. The van der Waals surface area contributed by atoms with Crippen LogP contribution in [-0.4, -0.2) is 25.2 Å². The number of amides is 1. The fraction of sp³-hybridized carbons (Fsp3) is 0.219. The van der Waals surface area contributed by atoms with E-state index in [2.05, 4.69) is 65.3 Å². The maximum atomic E-state index is 12.5. The second kappa shape index (κ2) is 13.7. The van der Waals surface area contributed by atoms with E-state index in [9.17, 15) is 4.79 Å². The lowest BCUT2D eigenvalue weighted by Gasteiger charge is -2.15. The Hall–Kier alpha value is -4.25. The zero-order valence-corrected chi connectivity index (χ0v) is 21.2. The number of benzene rings is 2. The molecule has 0 saturated heterocycles. The molecule has 37 heavy (non-hydrogen) atoms. The summed E-state index contributed by atoms with van der Waals surface area (Å²) in [5.41, 5.74) is 4.26. The van der Waals surface area contributed by atoms with Crippen molar-refractivity contribution < 1.29 is 18.8 Å². The van der Waals surface area contributed by atoms with Crippen LogP contribution in [-0.2, 0) is 22.4 Å². The van der Waals surface area contributed by atoms with Crippen LogP contribution in [0.25, 0.3) is 0 Å². The highest BCUT2D eigenvalue weighted by molar-refractivity contribution is 5.99. The van der Waals surface area contributed by atoms with Gasteiger partial charge in [0.15, 0.2) is 18.9 Å². The van der Waals surface area contributed by atoms with Gasteiger partial charge in [0.05, 0.1) is 6.61 Å². The Morgan fingerprint density at radius 1 is 0.892 bits per heavy atom. The Labute approximate surface area is 219 Å². The van der Waals surface area contributed by atoms with Gasteiger partial charge >= 0.3 is 6.09 Å². The minimum atomic E-state index is -0.657. The van der Waals surface area contributed by atoms with E-state index in [0.29, 0.717) is 6.61 Å². The molecular weight excluding hydrogens is 460 g/mol. The Bertz CT molecular complexity index is 1260. The Morgan fingerprint density at radius 3 is 2.38 bits per heavy atom. The van der Waals surface area contributed by atoms with Crippen molar-refractivity contribution in [3.63, 3.8) is 0 Å². The van der Waals surface area contributed by atoms with E-state index in [0.717, 1.165) is 30.5 Å². The van der Waals surface area contributed by atoms with Crippen molar-refractivity contribution in [3.8, 4) is 0 Å². The minimum Gasteiger partial charge on any atom is -0.477 e. The van der Waals surface area contributed by atoms with Crippen LogP contribution in [0.5, 0.6) is 0 Å².